The van der Waals surface area contributed by atoms with E-state index in [1.807, 2.05) is 18.2 Å². The molecule has 0 aromatic heterocycles. The number of anilines is 1. The molecule has 0 aliphatic heterocycles. The summed E-state index contributed by atoms with van der Waals surface area (Å²) in [6.07, 6.45) is 2.36. The van der Waals surface area contributed by atoms with Crippen LogP contribution in [0, 0.1) is 0 Å². The van der Waals surface area contributed by atoms with Gasteiger partial charge >= 0.3 is 0 Å². The standard InChI is InChI=1S/C18H23NO/c1-3-4-14-19(17-8-6-5-7-9-17)15(2)16-10-12-18(20)13-11-16/h5-13,15,20H,3-4,14H2,1-2H3. The van der Waals surface area contributed by atoms with Crippen molar-refractivity contribution >= 4 is 5.69 Å². The Bertz CT molecular complexity index is 507. The molecule has 0 radical (unpaired) electrons. The third-order valence-corrected chi connectivity index (χ3v) is 3.68. The summed E-state index contributed by atoms with van der Waals surface area (Å²) in [5, 5.41) is 9.42. The fourth-order valence-electron chi connectivity index (χ4n) is 2.43. The molecule has 1 atom stereocenters. The van der Waals surface area contributed by atoms with Crippen molar-refractivity contribution in [2.24, 2.45) is 0 Å². The molecule has 0 fully saturated rings. The van der Waals surface area contributed by atoms with Gasteiger partial charge in [-0.15, -0.1) is 0 Å². The van der Waals surface area contributed by atoms with Crippen molar-refractivity contribution in [3.63, 3.8) is 0 Å². The highest BCUT2D eigenvalue weighted by molar-refractivity contribution is 5.48. The van der Waals surface area contributed by atoms with Crippen LogP contribution in [0.25, 0.3) is 0 Å². The molecule has 2 aromatic carbocycles. The SMILES string of the molecule is CCCCN(c1ccccc1)C(C)c1ccc(O)cc1. The number of hydrogen-bond acceptors (Lipinski definition) is 2. The largest absolute Gasteiger partial charge is 0.508 e. The number of aromatic hydroxyl groups is 1. The van der Waals surface area contributed by atoms with Gasteiger partial charge in [0.15, 0.2) is 0 Å². The molecule has 0 saturated heterocycles. The Morgan fingerprint density at radius 2 is 1.65 bits per heavy atom. The maximum atomic E-state index is 9.42. The van der Waals surface area contributed by atoms with Crippen molar-refractivity contribution in [1.82, 2.24) is 0 Å². The van der Waals surface area contributed by atoms with E-state index >= 15 is 0 Å². The predicted molar refractivity (Wildman–Crippen MR) is 85.2 cm³/mol. The van der Waals surface area contributed by atoms with E-state index in [0.29, 0.717) is 11.8 Å². The molecule has 106 valence electrons. The lowest BCUT2D eigenvalue weighted by atomic mass is 10.1. The summed E-state index contributed by atoms with van der Waals surface area (Å²) in [5.74, 6) is 0.320. The van der Waals surface area contributed by atoms with E-state index in [4.69, 9.17) is 0 Å². The molecule has 2 aromatic rings. The van der Waals surface area contributed by atoms with E-state index in [0.717, 1.165) is 6.54 Å². The Hall–Kier alpha value is -1.96. The quantitative estimate of drug-likeness (QED) is 0.817. The van der Waals surface area contributed by atoms with Crippen LogP contribution in [0.3, 0.4) is 0 Å². The summed E-state index contributed by atoms with van der Waals surface area (Å²) in [6.45, 7) is 5.48. The van der Waals surface area contributed by atoms with Crippen molar-refractivity contribution < 1.29 is 5.11 Å². The molecule has 0 aliphatic rings. The molecule has 2 heteroatoms. The molecule has 0 amide bonds. The van der Waals surface area contributed by atoms with Gasteiger partial charge < -0.3 is 10.0 Å². The van der Waals surface area contributed by atoms with Crippen LogP contribution in [0.1, 0.15) is 38.3 Å². The molecule has 1 N–H and O–H groups in total. The zero-order valence-corrected chi connectivity index (χ0v) is 12.3. The Morgan fingerprint density at radius 1 is 1.00 bits per heavy atom. The lowest BCUT2D eigenvalue weighted by Crippen LogP contribution is -2.27. The number of para-hydroxylation sites is 1. The highest BCUT2D eigenvalue weighted by Gasteiger charge is 2.15. The summed E-state index contributed by atoms with van der Waals surface area (Å²) in [5.41, 5.74) is 2.48. The molecule has 0 heterocycles. The van der Waals surface area contributed by atoms with Crippen LogP contribution in [0.2, 0.25) is 0 Å². The van der Waals surface area contributed by atoms with Gasteiger partial charge in [-0.05, 0) is 43.2 Å². The van der Waals surface area contributed by atoms with E-state index in [2.05, 4.69) is 43.0 Å². The monoisotopic (exact) mass is 269 g/mol. The Labute approximate surface area is 121 Å². The molecule has 1 unspecified atom stereocenters. The van der Waals surface area contributed by atoms with Gasteiger partial charge in [-0.2, -0.15) is 0 Å². The van der Waals surface area contributed by atoms with Gasteiger partial charge in [0.05, 0.1) is 6.04 Å². The third-order valence-electron chi connectivity index (χ3n) is 3.68. The molecule has 0 spiro atoms. The highest BCUT2D eigenvalue weighted by Crippen LogP contribution is 2.28. The molecule has 20 heavy (non-hydrogen) atoms. The average molecular weight is 269 g/mol. The number of benzene rings is 2. The molecule has 2 rings (SSSR count). The van der Waals surface area contributed by atoms with E-state index < -0.39 is 0 Å². The van der Waals surface area contributed by atoms with Crippen LogP contribution < -0.4 is 4.90 Å². The topological polar surface area (TPSA) is 23.5 Å². The fourth-order valence-corrected chi connectivity index (χ4v) is 2.43. The van der Waals surface area contributed by atoms with Crippen molar-refractivity contribution in [2.45, 2.75) is 32.7 Å². The van der Waals surface area contributed by atoms with Crippen LogP contribution >= 0.6 is 0 Å². The maximum absolute atomic E-state index is 9.42. The van der Waals surface area contributed by atoms with Gasteiger partial charge in [0.1, 0.15) is 5.75 Å². The van der Waals surface area contributed by atoms with Crippen LogP contribution in [0.15, 0.2) is 54.6 Å². The van der Waals surface area contributed by atoms with Gasteiger partial charge in [-0.3, -0.25) is 0 Å². The van der Waals surface area contributed by atoms with Gasteiger partial charge in [-0.1, -0.05) is 43.7 Å². The van der Waals surface area contributed by atoms with E-state index in [1.54, 1.807) is 12.1 Å². The van der Waals surface area contributed by atoms with E-state index in [-0.39, 0.29) is 0 Å². The van der Waals surface area contributed by atoms with Crippen LogP contribution in [0.5, 0.6) is 5.75 Å². The molecule has 2 nitrogen and oxygen atoms in total. The third kappa shape index (κ3) is 3.53. The number of phenols is 1. The zero-order chi connectivity index (χ0) is 14.4. The molecule has 0 bridgehead atoms. The molecule has 0 aliphatic carbocycles. The Kier molecular flexibility index (Phi) is 5.05. The van der Waals surface area contributed by atoms with Gasteiger partial charge in [0.2, 0.25) is 0 Å². The first-order chi connectivity index (χ1) is 9.72. The first kappa shape index (κ1) is 14.4. The minimum absolute atomic E-state index is 0.296. The van der Waals surface area contributed by atoms with Gasteiger partial charge in [0, 0.05) is 12.2 Å². The van der Waals surface area contributed by atoms with E-state index in [9.17, 15) is 5.11 Å². The van der Waals surface area contributed by atoms with Crippen molar-refractivity contribution in [3.8, 4) is 5.75 Å². The molecular formula is C18H23NO. The van der Waals surface area contributed by atoms with Gasteiger partial charge in [0.25, 0.3) is 0 Å². The number of nitrogens with zero attached hydrogens (tertiary/aromatic N) is 1. The lowest BCUT2D eigenvalue weighted by Gasteiger charge is -2.32. The predicted octanol–water partition coefficient (Wildman–Crippen LogP) is 4.76. The number of hydrogen-bond donors (Lipinski definition) is 1. The average Bonchev–Trinajstić information content (AvgIpc) is 2.49. The summed E-state index contributed by atoms with van der Waals surface area (Å²) in [7, 11) is 0. The van der Waals surface area contributed by atoms with Crippen molar-refractivity contribution in [3.05, 3.63) is 60.2 Å². The maximum Gasteiger partial charge on any atom is 0.115 e. The normalized spacial score (nSPS) is 12.1. The Balaban J connectivity index is 2.23. The second kappa shape index (κ2) is 6.99. The zero-order valence-electron chi connectivity index (χ0n) is 12.3. The van der Waals surface area contributed by atoms with Crippen LogP contribution in [-0.4, -0.2) is 11.7 Å². The highest BCUT2D eigenvalue weighted by atomic mass is 16.3. The van der Waals surface area contributed by atoms with Crippen molar-refractivity contribution in [1.29, 1.82) is 0 Å². The number of unbranched alkanes of at least 4 members (excludes halogenated alkanes) is 1. The lowest BCUT2D eigenvalue weighted by molar-refractivity contribution is 0.474. The van der Waals surface area contributed by atoms with Crippen molar-refractivity contribution in [2.75, 3.05) is 11.4 Å². The second-order valence-electron chi connectivity index (χ2n) is 5.15. The van der Waals surface area contributed by atoms with Gasteiger partial charge in [-0.25, -0.2) is 0 Å². The smallest absolute Gasteiger partial charge is 0.115 e. The second-order valence-corrected chi connectivity index (χ2v) is 5.15. The summed E-state index contributed by atoms with van der Waals surface area (Å²) < 4.78 is 0. The number of phenolic OH excluding ortho intramolecular Hbond substituents is 1. The minimum atomic E-state index is 0.296. The van der Waals surface area contributed by atoms with Crippen LogP contribution in [-0.2, 0) is 0 Å². The van der Waals surface area contributed by atoms with Crippen LogP contribution in [0.4, 0.5) is 5.69 Å². The molecule has 0 saturated carbocycles. The summed E-state index contributed by atoms with van der Waals surface area (Å²) >= 11 is 0. The summed E-state index contributed by atoms with van der Waals surface area (Å²) in [6, 6.07) is 18.3. The minimum Gasteiger partial charge on any atom is -0.508 e. The van der Waals surface area contributed by atoms with E-state index in [1.165, 1.54) is 24.1 Å². The summed E-state index contributed by atoms with van der Waals surface area (Å²) in [4.78, 5) is 2.43. The first-order valence-electron chi connectivity index (χ1n) is 7.33. The fraction of sp³-hybridized carbons (Fsp3) is 0.333. The molecular weight excluding hydrogens is 246 g/mol. The first-order valence-corrected chi connectivity index (χ1v) is 7.33. The Morgan fingerprint density at radius 3 is 2.25 bits per heavy atom. The number of rotatable bonds is 6.